The van der Waals surface area contributed by atoms with Gasteiger partial charge in [-0.25, -0.2) is 4.79 Å². The molecule has 1 amide bonds. The predicted octanol–water partition coefficient (Wildman–Crippen LogP) is 1.70. The average molecular weight is 287 g/mol. The number of likely N-dealkylation sites (tertiary alicyclic amines) is 1. The number of β-amino-alcohol motifs (C(OH)–C–C–N with tert-alkyl or cyclic N) is 1. The lowest BCUT2D eigenvalue weighted by atomic mass is 10.1. The summed E-state index contributed by atoms with van der Waals surface area (Å²) < 4.78 is 10.2. The average Bonchev–Trinajstić information content (AvgIpc) is 2.66. The number of aliphatic hydroxyl groups excluding tert-OH is 1. The van der Waals surface area contributed by atoms with Crippen LogP contribution in [0.3, 0.4) is 0 Å². The highest BCUT2D eigenvalue weighted by molar-refractivity contribution is 5.70. The van der Waals surface area contributed by atoms with E-state index in [0.717, 1.165) is 0 Å². The van der Waals surface area contributed by atoms with Crippen LogP contribution < -0.4 is 0 Å². The van der Waals surface area contributed by atoms with Crippen LogP contribution in [-0.2, 0) is 14.3 Å². The highest BCUT2D eigenvalue weighted by Gasteiger charge is 2.36. The first-order chi connectivity index (χ1) is 9.23. The summed E-state index contributed by atoms with van der Waals surface area (Å²) >= 11 is 0. The van der Waals surface area contributed by atoms with Crippen molar-refractivity contribution < 1.29 is 24.2 Å². The monoisotopic (exact) mass is 287 g/mol. The summed E-state index contributed by atoms with van der Waals surface area (Å²) in [6.45, 7) is 7.75. The van der Waals surface area contributed by atoms with Crippen LogP contribution in [0, 0.1) is 0 Å². The Labute approximate surface area is 120 Å². The molecule has 116 valence electrons. The third-order valence-corrected chi connectivity index (χ3v) is 3.01. The van der Waals surface area contributed by atoms with Gasteiger partial charge in [0.25, 0.3) is 0 Å². The van der Waals surface area contributed by atoms with Gasteiger partial charge in [-0.1, -0.05) is 0 Å². The minimum absolute atomic E-state index is 0.177. The Morgan fingerprint density at radius 3 is 2.55 bits per heavy atom. The lowest BCUT2D eigenvalue weighted by Gasteiger charge is -2.28. The number of esters is 1. The van der Waals surface area contributed by atoms with E-state index in [1.165, 1.54) is 4.90 Å². The lowest BCUT2D eigenvalue weighted by Crippen LogP contribution is -2.40. The van der Waals surface area contributed by atoms with Crippen molar-refractivity contribution in [3.8, 4) is 0 Å². The molecule has 1 aliphatic rings. The van der Waals surface area contributed by atoms with Gasteiger partial charge in [-0.2, -0.15) is 0 Å². The Balaban J connectivity index is 2.55. The molecule has 0 aliphatic carbocycles. The first-order valence-corrected chi connectivity index (χ1v) is 7.06. The van der Waals surface area contributed by atoms with E-state index in [4.69, 9.17) is 9.47 Å². The molecule has 0 bridgehead atoms. The van der Waals surface area contributed by atoms with Gasteiger partial charge < -0.3 is 19.5 Å². The standard InChI is InChI=1S/C14H25NO5/c1-5-19-12(17)7-6-10-8-11(16)9-15(10)13(18)20-14(2,3)4/h10-11,16H,5-9H2,1-4H3/t10-,11+/m1/s1. The maximum atomic E-state index is 12.1. The molecule has 1 aliphatic heterocycles. The molecule has 1 rings (SSSR count). The number of hydrogen-bond acceptors (Lipinski definition) is 5. The molecule has 6 heteroatoms. The first-order valence-electron chi connectivity index (χ1n) is 7.06. The molecule has 1 fully saturated rings. The van der Waals surface area contributed by atoms with Gasteiger partial charge in [0.15, 0.2) is 0 Å². The number of carbonyl (C=O) groups is 2. The lowest BCUT2D eigenvalue weighted by molar-refractivity contribution is -0.143. The number of carbonyl (C=O) groups excluding carboxylic acids is 2. The van der Waals surface area contributed by atoms with Crippen LogP contribution >= 0.6 is 0 Å². The van der Waals surface area contributed by atoms with Crippen molar-refractivity contribution in [2.75, 3.05) is 13.2 Å². The van der Waals surface area contributed by atoms with Gasteiger partial charge in [-0.15, -0.1) is 0 Å². The molecule has 1 N–H and O–H groups in total. The summed E-state index contributed by atoms with van der Waals surface area (Å²) in [5.41, 5.74) is -0.573. The minimum Gasteiger partial charge on any atom is -0.466 e. The van der Waals surface area contributed by atoms with Gasteiger partial charge in [0.1, 0.15) is 5.60 Å². The fourth-order valence-corrected chi connectivity index (χ4v) is 2.23. The number of rotatable bonds is 4. The van der Waals surface area contributed by atoms with Gasteiger partial charge in [-0.05, 0) is 40.5 Å². The molecule has 0 saturated carbocycles. The van der Waals surface area contributed by atoms with Gasteiger partial charge in [0, 0.05) is 12.5 Å². The fourth-order valence-electron chi connectivity index (χ4n) is 2.23. The van der Waals surface area contributed by atoms with Gasteiger partial charge in [-0.3, -0.25) is 4.79 Å². The van der Waals surface area contributed by atoms with Crippen molar-refractivity contribution >= 4 is 12.1 Å². The number of aliphatic hydroxyl groups is 1. The number of nitrogens with zero attached hydrogens (tertiary/aromatic N) is 1. The van der Waals surface area contributed by atoms with E-state index in [2.05, 4.69) is 0 Å². The zero-order chi connectivity index (χ0) is 15.3. The van der Waals surface area contributed by atoms with Crippen molar-refractivity contribution in [1.82, 2.24) is 4.90 Å². The molecule has 20 heavy (non-hydrogen) atoms. The van der Waals surface area contributed by atoms with E-state index >= 15 is 0 Å². The molecule has 1 saturated heterocycles. The Morgan fingerprint density at radius 2 is 2.00 bits per heavy atom. The second-order valence-electron chi connectivity index (χ2n) is 6.02. The van der Waals surface area contributed by atoms with Crippen molar-refractivity contribution in [3.05, 3.63) is 0 Å². The van der Waals surface area contributed by atoms with E-state index in [0.29, 0.717) is 19.4 Å². The zero-order valence-electron chi connectivity index (χ0n) is 12.7. The molecule has 0 spiro atoms. The first kappa shape index (κ1) is 16.8. The van der Waals surface area contributed by atoms with Crippen molar-refractivity contribution in [2.24, 2.45) is 0 Å². The summed E-state index contributed by atoms with van der Waals surface area (Å²) in [6.07, 6.45) is 0.191. The Kier molecular flexibility index (Phi) is 5.80. The van der Waals surface area contributed by atoms with E-state index in [-0.39, 0.29) is 25.0 Å². The van der Waals surface area contributed by atoms with Crippen molar-refractivity contribution in [3.63, 3.8) is 0 Å². The van der Waals surface area contributed by atoms with Crippen LogP contribution in [0.1, 0.15) is 47.0 Å². The third-order valence-electron chi connectivity index (χ3n) is 3.01. The quantitative estimate of drug-likeness (QED) is 0.796. The van der Waals surface area contributed by atoms with Gasteiger partial charge in [0.05, 0.1) is 19.3 Å². The maximum Gasteiger partial charge on any atom is 0.410 e. The number of ether oxygens (including phenoxy) is 2. The highest BCUT2D eigenvalue weighted by atomic mass is 16.6. The summed E-state index contributed by atoms with van der Waals surface area (Å²) in [6, 6.07) is -0.177. The van der Waals surface area contributed by atoms with E-state index in [1.807, 2.05) is 0 Å². The van der Waals surface area contributed by atoms with E-state index in [9.17, 15) is 14.7 Å². The molecule has 0 radical (unpaired) electrons. The highest BCUT2D eigenvalue weighted by Crippen LogP contribution is 2.24. The minimum atomic E-state index is -0.573. The van der Waals surface area contributed by atoms with Crippen LogP contribution in [0.15, 0.2) is 0 Å². The number of amides is 1. The largest absolute Gasteiger partial charge is 0.466 e. The molecule has 0 unspecified atom stereocenters. The van der Waals surface area contributed by atoms with Crippen LogP contribution in [-0.4, -0.2) is 53.0 Å². The van der Waals surface area contributed by atoms with Crippen LogP contribution in [0.2, 0.25) is 0 Å². The van der Waals surface area contributed by atoms with Gasteiger partial charge >= 0.3 is 12.1 Å². The Bertz CT molecular complexity index is 350. The Hall–Kier alpha value is -1.30. The zero-order valence-corrected chi connectivity index (χ0v) is 12.7. The van der Waals surface area contributed by atoms with Gasteiger partial charge in [0.2, 0.25) is 0 Å². The van der Waals surface area contributed by atoms with Crippen LogP contribution in [0.25, 0.3) is 0 Å². The smallest absolute Gasteiger partial charge is 0.410 e. The maximum absolute atomic E-state index is 12.1. The SMILES string of the molecule is CCOC(=O)CC[C@@H]1C[C@H](O)CN1C(=O)OC(C)(C)C. The number of hydrogen-bond donors (Lipinski definition) is 1. The molecular weight excluding hydrogens is 262 g/mol. The fraction of sp³-hybridized carbons (Fsp3) is 0.857. The summed E-state index contributed by atoms with van der Waals surface area (Å²) in [4.78, 5) is 24.9. The topological polar surface area (TPSA) is 76.1 Å². The third kappa shape index (κ3) is 5.36. The summed E-state index contributed by atoms with van der Waals surface area (Å²) in [5.74, 6) is -0.280. The van der Waals surface area contributed by atoms with E-state index < -0.39 is 17.8 Å². The van der Waals surface area contributed by atoms with Crippen molar-refractivity contribution in [1.29, 1.82) is 0 Å². The normalized spacial score (nSPS) is 22.8. The Morgan fingerprint density at radius 1 is 1.35 bits per heavy atom. The molecule has 2 atom stereocenters. The summed E-state index contributed by atoms with van der Waals surface area (Å²) in [7, 11) is 0. The van der Waals surface area contributed by atoms with Crippen LogP contribution in [0.5, 0.6) is 0 Å². The molecule has 1 heterocycles. The molecule has 0 aromatic carbocycles. The molecule has 6 nitrogen and oxygen atoms in total. The molecule has 0 aromatic rings. The van der Waals surface area contributed by atoms with Crippen molar-refractivity contribution in [2.45, 2.75) is 64.7 Å². The second-order valence-corrected chi connectivity index (χ2v) is 6.02. The predicted molar refractivity (Wildman–Crippen MR) is 73.2 cm³/mol. The molecule has 0 aromatic heterocycles. The molecular formula is C14H25NO5. The second kappa shape index (κ2) is 6.92. The van der Waals surface area contributed by atoms with Crippen LogP contribution in [0.4, 0.5) is 4.79 Å². The summed E-state index contributed by atoms with van der Waals surface area (Å²) in [5, 5.41) is 9.72. The van der Waals surface area contributed by atoms with E-state index in [1.54, 1.807) is 27.7 Å².